The Morgan fingerprint density at radius 2 is 2.24 bits per heavy atom. The molecule has 1 saturated carbocycles. The van der Waals surface area contributed by atoms with Crippen molar-refractivity contribution < 1.29 is 0 Å². The molecule has 1 aliphatic rings. The maximum atomic E-state index is 5.49. The highest BCUT2D eigenvalue weighted by molar-refractivity contribution is 5.35. The van der Waals surface area contributed by atoms with E-state index in [1.54, 1.807) is 12.4 Å². The third kappa shape index (κ3) is 3.88. The Bertz CT molecular complexity index is 336. The SMILES string of the molecule is CC1CCCC(CCNc2cnc(N)cn2)C1. The van der Waals surface area contributed by atoms with Gasteiger partial charge in [-0.25, -0.2) is 9.97 Å². The van der Waals surface area contributed by atoms with E-state index in [0.717, 1.165) is 24.2 Å². The normalized spacial score (nSPS) is 24.5. The zero-order valence-electron chi connectivity index (χ0n) is 10.5. The Morgan fingerprint density at radius 3 is 2.94 bits per heavy atom. The Hall–Kier alpha value is -1.32. The molecule has 4 heteroatoms. The molecule has 0 aliphatic heterocycles. The molecule has 0 aromatic carbocycles. The van der Waals surface area contributed by atoms with E-state index in [1.807, 2.05) is 0 Å². The molecule has 94 valence electrons. The number of rotatable bonds is 4. The first-order chi connectivity index (χ1) is 8.24. The Labute approximate surface area is 103 Å². The highest BCUT2D eigenvalue weighted by Crippen LogP contribution is 2.30. The lowest BCUT2D eigenvalue weighted by molar-refractivity contribution is 0.274. The number of nitrogen functional groups attached to an aromatic ring is 1. The Kier molecular flexibility index (Phi) is 4.18. The van der Waals surface area contributed by atoms with Gasteiger partial charge in [-0.2, -0.15) is 0 Å². The molecule has 1 aromatic rings. The molecule has 1 aromatic heterocycles. The van der Waals surface area contributed by atoms with Crippen LogP contribution in [0.1, 0.15) is 39.0 Å². The fourth-order valence-corrected chi connectivity index (χ4v) is 2.66. The van der Waals surface area contributed by atoms with Crippen molar-refractivity contribution in [2.45, 2.75) is 39.0 Å². The minimum Gasteiger partial charge on any atom is -0.382 e. The third-order valence-corrected chi connectivity index (χ3v) is 3.58. The second-order valence-electron chi connectivity index (χ2n) is 5.18. The zero-order valence-corrected chi connectivity index (χ0v) is 10.5. The Balaban J connectivity index is 1.70. The van der Waals surface area contributed by atoms with Gasteiger partial charge < -0.3 is 11.1 Å². The van der Waals surface area contributed by atoms with E-state index in [2.05, 4.69) is 22.2 Å². The van der Waals surface area contributed by atoms with Crippen LogP contribution < -0.4 is 11.1 Å². The second kappa shape index (κ2) is 5.84. The molecule has 2 rings (SSSR count). The first-order valence-corrected chi connectivity index (χ1v) is 6.55. The summed E-state index contributed by atoms with van der Waals surface area (Å²) in [5, 5.41) is 3.30. The molecule has 0 spiro atoms. The number of nitrogens with one attached hydrogen (secondary N) is 1. The first kappa shape index (κ1) is 12.1. The van der Waals surface area contributed by atoms with E-state index < -0.39 is 0 Å². The molecule has 3 N–H and O–H groups in total. The molecule has 1 heterocycles. The van der Waals surface area contributed by atoms with Crippen LogP contribution in [0.3, 0.4) is 0 Å². The highest BCUT2D eigenvalue weighted by atomic mass is 15.0. The molecule has 0 bridgehead atoms. The van der Waals surface area contributed by atoms with Gasteiger partial charge in [0.15, 0.2) is 0 Å². The van der Waals surface area contributed by atoms with Gasteiger partial charge in [0.05, 0.1) is 12.4 Å². The number of aromatic nitrogens is 2. The molecule has 17 heavy (non-hydrogen) atoms. The van der Waals surface area contributed by atoms with Crippen LogP contribution in [0, 0.1) is 11.8 Å². The third-order valence-electron chi connectivity index (χ3n) is 3.58. The minimum absolute atomic E-state index is 0.469. The number of hydrogen-bond acceptors (Lipinski definition) is 4. The van der Waals surface area contributed by atoms with Gasteiger partial charge in [0, 0.05) is 6.54 Å². The van der Waals surface area contributed by atoms with Crippen LogP contribution in [-0.4, -0.2) is 16.5 Å². The standard InChI is InChI=1S/C13H22N4/c1-10-3-2-4-11(7-10)5-6-15-13-9-16-12(14)8-17-13/h8-11H,2-7H2,1H3,(H2,14,16)(H,15,17). The topological polar surface area (TPSA) is 63.8 Å². The lowest BCUT2D eigenvalue weighted by Crippen LogP contribution is -2.17. The monoisotopic (exact) mass is 234 g/mol. The van der Waals surface area contributed by atoms with Crippen LogP contribution in [0.15, 0.2) is 12.4 Å². The van der Waals surface area contributed by atoms with Crippen LogP contribution >= 0.6 is 0 Å². The number of hydrogen-bond donors (Lipinski definition) is 2. The van der Waals surface area contributed by atoms with Gasteiger partial charge in [-0.15, -0.1) is 0 Å². The molecule has 1 fully saturated rings. The van der Waals surface area contributed by atoms with Crippen LogP contribution in [0.2, 0.25) is 0 Å². The highest BCUT2D eigenvalue weighted by Gasteiger charge is 2.18. The summed E-state index contributed by atoms with van der Waals surface area (Å²) in [6.45, 7) is 3.35. The summed E-state index contributed by atoms with van der Waals surface area (Å²) < 4.78 is 0. The molecule has 2 unspecified atom stereocenters. The molecular weight excluding hydrogens is 212 g/mol. The van der Waals surface area contributed by atoms with Crippen molar-refractivity contribution in [2.24, 2.45) is 11.8 Å². The van der Waals surface area contributed by atoms with Crippen LogP contribution in [0.4, 0.5) is 11.6 Å². The van der Waals surface area contributed by atoms with E-state index in [1.165, 1.54) is 32.1 Å². The zero-order chi connectivity index (χ0) is 12.1. The first-order valence-electron chi connectivity index (χ1n) is 6.55. The molecule has 2 atom stereocenters. The van der Waals surface area contributed by atoms with Gasteiger partial charge in [-0.1, -0.05) is 26.2 Å². The van der Waals surface area contributed by atoms with Crippen molar-refractivity contribution in [3.05, 3.63) is 12.4 Å². The predicted molar refractivity (Wildman–Crippen MR) is 70.7 cm³/mol. The average Bonchev–Trinajstić information content (AvgIpc) is 2.32. The summed E-state index contributed by atoms with van der Waals surface area (Å²) >= 11 is 0. The van der Waals surface area contributed by atoms with Gasteiger partial charge in [0.2, 0.25) is 0 Å². The van der Waals surface area contributed by atoms with Crippen molar-refractivity contribution in [1.82, 2.24) is 9.97 Å². The second-order valence-corrected chi connectivity index (χ2v) is 5.18. The number of nitrogens with two attached hydrogens (primary N) is 1. The quantitative estimate of drug-likeness (QED) is 0.840. The largest absolute Gasteiger partial charge is 0.382 e. The molecule has 1 aliphatic carbocycles. The fourth-order valence-electron chi connectivity index (χ4n) is 2.66. The number of anilines is 2. The van der Waals surface area contributed by atoms with E-state index in [0.29, 0.717) is 5.82 Å². The van der Waals surface area contributed by atoms with Gasteiger partial charge in [-0.05, 0) is 24.7 Å². The Morgan fingerprint density at radius 1 is 1.35 bits per heavy atom. The van der Waals surface area contributed by atoms with E-state index in [9.17, 15) is 0 Å². The summed E-state index contributed by atoms with van der Waals surface area (Å²) in [7, 11) is 0. The van der Waals surface area contributed by atoms with Crippen molar-refractivity contribution in [3.63, 3.8) is 0 Å². The lowest BCUT2D eigenvalue weighted by atomic mass is 9.81. The predicted octanol–water partition coefficient (Wildman–Crippen LogP) is 2.69. The fraction of sp³-hybridized carbons (Fsp3) is 0.692. The van der Waals surface area contributed by atoms with Crippen molar-refractivity contribution in [3.8, 4) is 0 Å². The van der Waals surface area contributed by atoms with Gasteiger partial charge in [0.25, 0.3) is 0 Å². The maximum absolute atomic E-state index is 5.49. The van der Waals surface area contributed by atoms with Crippen LogP contribution in [0.5, 0.6) is 0 Å². The van der Waals surface area contributed by atoms with Crippen LogP contribution in [-0.2, 0) is 0 Å². The van der Waals surface area contributed by atoms with E-state index in [4.69, 9.17) is 5.73 Å². The summed E-state index contributed by atoms with van der Waals surface area (Å²) in [6.07, 6.45) is 10.1. The molecule has 4 nitrogen and oxygen atoms in total. The van der Waals surface area contributed by atoms with Crippen molar-refractivity contribution in [1.29, 1.82) is 0 Å². The minimum atomic E-state index is 0.469. The maximum Gasteiger partial charge on any atom is 0.144 e. The van der Waals surface area contributed by atoms with Crippen molar-refractivity contribution >= 4 is 11.6 Å². The summed E-state index contributed by atoms with van der Waals surface area (Å²) in [4.78, 5) is 8.19. The lowest BCUT2D eigenvalue weighted by Gasteiger charge is -2.26. The van der Waals surface area contributed by atoms with Gasteiger partial charge in [-0.3, -0.25) is 0 Å². The van der Waals surface area contributed by atoms with Crippen molar-refractivity contribution in [2.75, 3.05) is 17.6 Å². The summed E-state index contributed by atoms with van der Waals surface area (Å²) in [6, 6.07) is 0. The molecule has 0 radical (unpaired) electrons. The molecule has 0 saturated heterocycles. The van der Waals surface area contributed by atoms with Crippen LogP contribution in [0.25, 0.3) is 0 Å². The summed E-state index contributed by atoms with van der Waals surface area (Å²) in [5.74, 6) is 3.08. The van der Waals surface area contributed by atoms with Gasteiger partial charge in [0.1, 0.15) is 11.6 Å². The summed E-state index contributed by atoms with van der Waals surface area (Å²) in [5.41, 5.74) is 5.49. The van der Waals surface area contributed by atoms with E-state index in [-0.39, 0.29) is 0 Å². The van der Waals surface area contributed by atoms with E-state index >= 15 is 0 Å². The average molecular weight is 234 g/mol. The smallest absolute Gasteiger partial charge is 0.144 e. The number of nitrogens with zero attached hydrogens (tertiary/aromatic N) is 2. The van der Waals surface area contributed by atoms with Gasteiger partial charge >= 0.3 is 0 Å². The molecule has 0 amide bonds. The molecular formula is C13H22N4.